The minimum Gasteiger partial charge on any atom is -0.490 e. The number of rotatable bonds is 2. The molecule has 2 rings (SSSR count). The summed E-state index contributed by atoms with van der Waals surface area (Å²) in [4.78, 5) is 4.67. The number of hydrogen-bond donors (Lipinski definition) is 1. The van der Waals surface area contributed by atoms with E-state index < -0.39 is 0 Å². The lowest BCUT2D eigenvalue weighted by Gasteiger charge is -2.24. The zero-order valence-electron chi connectivity index (χ0n) is 8.32. The summed E-state index contributed by atoms with van der Waals surface area (Å²) in [5.41, 5.74) is 2.38. The van der Waals surface area contributed by atoms with Gasteiger partial charge in [0.05, 0.1) is 12.7 Å². The van der Waals surface area contributed by atoms with Crippen LogP contribution in [0, 0.1) is 0 Å². The van der Waals surface area contributed by atoms with E-state index in [2.05, 4.69) is 11.8 Å². The maximum Gasteiger partial charge on any atom is 0.123 e. The second-order valence-corrected chi connectivity index (χ2v) is 3.67. The Bertz CT molecular complexity index is 311. The van der Waals surface area contributed by atoms with E-state index in [1.165, 1.54) is 5.56 Å². The lowest BCUT2D eigenvalue weighted by atomic mass is 9.98. The van der Waals surface area contributed by atoms with Crippen LogP contribution in [0.1, 0.15) is 24.5 Å². The normalized spacial score (nSPS) is 20.0. The van der Waals surface area contributed by atoms with Crippen molar-refractivity contribution in [2.45, 2.75) is 32.5 Å². The van der Waals surface area contributed by atoms with Crippen molar-refractivity contribution in [2.24, 2.45) is 5.90 Å². The van der Waals surface area contributed by atoms with Crippen LogP contribution < -0.4 is 10.6 Å². The van der Waals surface area contributed by atoms with E-state index in [0.29, 0.717) is 12.7 Å². The molecule has 0 amide bonds. The van der Waals surface area contributed by atoms with Gasteiger partial charge in [0.25, 0.3) is 0 Å². The van der Waals surface area contributed by atoms with Gasteiger partial charge < -0.3 is 4.74 Å². The molecule has 0 bridgehead atoms. The smallest absolute Gasteiger partial charge is 0.123 e. The molecular formula is C11H15NO2. The maximum atomic E-state index is 5.72. The molecule has 3 heteroatoms. The van der Waals surface area contributed by atoms with Gasteiger partial charge in [-0.25, -0.2) is 5.90 Å². The molecule has 1 heterocycles. The first-order valence-electron chi connectivity index (χ1n) is 4.90. The zero-order chi connectivity index (χ0) is 9.97. The Morgan fingerprint density at radius 1 is 1.57 bits per heavy atom. The molecule has 0 saturated carbocycles. The average molecular weight is 193 g/mol. The van der Waals surface area contributed by atoms with Gasteiger partial charge in [0.2, 0.25) is 0 Å². The van der Waals surface area contributed by atoms with Crippen LogP contribution in [0.15, 0.2) is 18.2 Å². The van der Waals surface area contributed by atoms with Crippen molar-refractivity contribution in [3.8, 4) is 5.75 Å². The fraction of sp³-hybridized carbons (Fsp3) is 0.455. The molecule has 1 aromatic rings. The van der Waals surface area contributed by atoms with Gasteiger partial charge in [0.1, 0.15) is 5.75 Å². The molecule has 2 N–H and O–H groups in total. The minimum atomic E-state index is 0.316. The van der Waals surface area contributed by atoms with Crippen LogP contribution in [0.2, 0.25) is 0 Å². The molecule has 0 fully saturated rings. The Labute approximate surface area is 83.8 Å². The van der Waals surface area contributed by atoms with E-state index in [4.69, 9.17) is 10.6 Å². The average Bonchev–Trinajstić information content (AvgIpc) is 2.18. The summed E-state index contributed by atoms with van der Waals surface area (Å²) in [6.07, 6.45) is 2.43. The van der Waals surface area contributed by atoms with Crippen molar-refractivity contribution in [1.82, 2.24) is 0 Å². The first kappa shape index (κ1) is 9.49. The molecule has 0 spiro atoms. The summed E-state index contributed by atoms with van der Waals surface area (Å²) >= 11 is 0. The van der Waals surface area contributed by atoms with E-state index in [1.54, 1.807) is 0 Å². The molecule has 0 aliphatic carbocycles. The van der Waals surface area contributed by atoms with E-state index in [-0.39, 0.29) is 0 Å². The largest absolute Gasteiger partial charge is 0.490 e. The molecule has 1 unspecified atom stereocenters. The highest BCUT2D eigenvalue weighted by Gasteiger charge is 2.18. The van der Waals surface area contributed by atoms with Gasteiger partial charge in [-0.1, -0.05) is 12.1 Å². The second-order valence-electron chi connectivity index (χ2n) is 3.67. The summed E-state index contributed by atoms with van der Waals surface area (Å²) in [5.74, 6) is 6.06. The van der Waals surface area contributed by atoms with Crippen LogP contribution in [-0.2, 0) is 17.9 Å². The fourth-order valence-electron chi connectivity index (χ4n) is 1.85. The highest BCUT2D eigenvalue weighted by Crippen LogP contribution is 2.30. The molecule has 14 heavy (non-hydrogen) atoms. The predicted molar refractivity (Wildman–Crippen MR) is 53.8 cm³/mol. The molecule has 76 valence electrons. The quantitative estimate of drug-likeness (QED) is 0.728. The van der Waals surface area contributed by atoms with Crippen LogP contribution in [0.5, 0.6) is 5.75 Å². The van der Waals surface area contributed by atoms with E-state index in [9.17, 15) is 0 Å². The summed E-state index contributed by atoms with van der Waals surface area (Å²) in [6.45, 7) is 2.55. The Morgan fingerprint density at radius 3 is 3.21 bits per heavy atom. The van der Waals surface area contributed by atoms with Crippen LogP contribution in [0.3, 0.4) is 0 Å². The third-order valence-electron chi connectivity index (χ3n) is 2.60. The number of ether oxygens (including phenoxy) is 1. The minimum absolute atomic E-state index is 0.316. The van der Waals surface area contributed by atoms with Crippen molar-refractivity contribution >= 4 is 0 Å². The van der Waals surface area contributed by atoms with Crippen molar-refractivity contribution in [3.05, 3.63) is 29.3 Å². The number of fused-ring (bicyclic) bond motifs is 1. The second kappa shape index (κ2) is 3.98. The van der Waals surface area contributed by atoms with Crippen LogP contribution in [0.4, 0.5) is 0 Å². The Morgan fingerprint density at radius 2 is 2.43 bits per heavy atom. The van der Waals surface area contributed by atoms with Gasteiger partial charge in [0, 0.05) is 0 Å². The SMILES string of the molecule is CC1CCc2c(CON)cccc2O1. The lowest BCUT2D eigenvalue weighted by molar-refractivity contribution is 0.121. The van der Waals surface area contributed by atoms with Crippen LogP contribution >= 0.6 is 0 Å². The first-order valence-corrected chi connectivity index (χ1v) is 4.90. The molecule has 1 aliphatic heterocycles. The Hall–Kier alpha value is -1.06. The number of nitrogens with two attached hydrogens (primary N) is 1. The monoisotopic (exact) mass is 193 g/mol. The van der Waals surface area contributed by atoms with Crippen molar-refractivity contribution in [2.75, 3.05) is 0 Å². The fourth-order valence-corrected chi connectivity index (χ4v) is 1.85. The lowest BCUT2D eigenvalue weighted by Crippen LogP contribution is -2.20. The van der Waals surface area contributed by atoms with Gasteiger partial charge in [-0.3, -0.25) is 4.84 Å². The maximum absolute atomic E-state index is 5.72. The highest BCUT2D eigenvalue weighted by atomic mass is 16.6. The number of benzene rings is 1. The Kier molecular flexibility index (Phi) is 2.70. The van der Waals surface area contributed by atoms with Gasteiger partial charge in [-0.15, -0.1) is 0 Å². The molecular weight excluding hydrogens is 178 g/mol. The first-order chi connectivity index (χ1) is 6.81. The zero-order valence-corrected chi connectivity index (χ0v) is 8.32. The molecule has 0 saturated heterocycles. The van der Waals surface area contributed by atoms with Crippen LogP contribution in [-0.4, -0.2) is 6.10 Å². The van der Waals surface area contributed by atoms with E-state index in [0.717, 1.165) is 24.2 Å². The summed E-state index contributed by atoms with van der Waals surface area (Å²) in [6, 6.07) is 6.02. The summed E-state index contributed by atoms with van der Waals surface area (Å²) in [7, 11) is 0. The topological polar surface area (TPSA) is 44.5 Å². The summed E-state index contributed by atoms with van der Waals surface area (Å²) < 4.78 is 5.72. The van der Waals surface area contributed by atoms with E-state index in [1.807, 2.05) is 18.2 Å². The number of hydrogen-bond acceptors (Lipinski definition) is 3. The molecule has 1 aliphatic rings. The standard InChI is InChI=1S/C11H15NO2/c1-8-5-6-10-9(7-13-12)3-2-4-11(10)14-8/h2-4,8H,5-7,12H2,1H3. The molecule has 0 radical (unpaired) electrons. The van der Waals surface area contributed by atoms with Gasteiger partial charge in [-0.2, -0.15) is 0 Å². The van der Waals surface area contributed by atoms with Crippen LogP contribution in [0.25, 0.3) is 0 Å². The molecule has 3 nitrogen and oxygen atoms in total. The third kappa shape index (κ3) is 1.74. The van der Waals surface area contributed by atoms with Crippen molar-refractivity contribution in [1.29, 1.82) is 0 Å². The van der Waals surface area contributed by atoms with Crippen molar-refractivity contribution < 1.29 is 9.57 Å². The molecule has 1 aromatic carbocycles. The highest BCUT2D eigenvalue weighted by molar-refractivity contribution is 5.41. The van der Waals surface area contributed by atoms with Crippen molar-refractivity contribution in [3.63, 3.8) is 0 Å². The summed E-state index contributed by atoms with van der Waals surface area (Å²) in [5, 5.41) is 0. The van der Waals surface area contributed by atoms with Gasteiger partial charge in [0.15, 0.2) is 0 Å². The Balaban J connectivity index is 2.31. The molecule has 0 aromatic heterocycles. The molecule has 1 atom stereocenters. The van der Waals surface area contributed by atoms with E-state index >= 15 is 0 Å². The predicted octanol–water partition coefficient (Wildman–Crippen LogP) is 1.79. The third-order valence-corrected chi connectivity index (χ3v) is 2.60. The van der Waals surface area contributed by atoms with Gasteiger partial charge in [-0.05, 0) is 37.0 Å². The van der Waals surface area contributed by atoms with Gasteiger partial charge >= 0.3 is 0 Å².